The van der Waals surface area contributed by atoms with Crippen LogP contribution in [0.2, 0.25) is 0 Å². The molecule has 1 fully saturated rings. The lowest BCUT2D eigenvalue weighted by Gasteiger charge is -2.42. The van der Waals surface area contributed by atoms with Gasteiger partial charge in [-0.3, -0.25) is 0 Å². The van der Waals surface area contributed by atoms with Crippen LogP contribution >= 0.6 is 0 Å². The van der Waals surface area contributed by atoms with Crippen molar-refractivity contribution in [1.82, 2.24) is 0 Å². The fraction of sp³-hybridized carbons (Fsp3) is 0.538. The van der Waals surface area contributed by atoms with E-state index in [1.54, 1.807) is 18.2 Å². The third-order valence-electron chi connectivity index (χ3n) is 4.01. The summed E-state index contributed by atoms with van der Waals surface area (Å²) in [5.74, 6) is 0.406. The lowest BCUT2D eigenvalue weighted by atomic mass is 9.74. The molecular weight excluding hydrogens is 266 g/mol. The predicted molar refractivity (Wildman–Crippen MR) is 67.3 cm³/mol. The Morgan fingerprint density at radius 3 is 2.30 bits per heavy atom. The molecule has 6 atom stereocenters. The summed E-state index contributed by atoms with van der Waals surface area (Å²) in [7, 11) is 0. The minimum Gasteiger partial charge on any atom is -0.454 e. The SMILES string of the molecule is N[C@H]1[C@H](O)[C@H](O)[C@@H](O)[C@H](O)[C@@H]1c1ccc2c(c1)OCO2. The smallest absolute Gasteiger partial charge is 0.231 e. The van der Waals surface area contributed by atoms with Gasteiger partial charge >= 0.3 is 0 Å². The van der Waals surface area contributed by atoms with Crippen molar-refractivity contribution >= 4 is 0 Å². The van der Waals surface area contributed by atoms with E-state index in [-0.39, 0.29) is 6.79 Å². The molecule has 0 aromatic heterocycles. The average molecular weight is 283 g/mol. The number of nitrogens with two attached hydrogens (primary N) is 1. The molecule has 6 N–H and O–H groups in total. The van der Waals surface area contributed by atoms with Crippen molar-refractivity contribution in [3.63, 3.8) is 0 Å². The Hall–Kier alpha value is -1.38. The third-order valence-corrected chi connectivity index (χ3v) is 4.01. The highest BCUT2D eigenvalue weighted by Crippen LogP contribution is 2.39. The number of hydrogen-bond acceptors (Lipinski definition) is 7. The monoisotopic (exact) mass is 283 g/mol. The maximum absolute atomic E-state index is 10.1. The normalized spacial score (nSPS) is 39.9. The van der Waals surface area contributed by atoms with Crippen molar-refractivity contribution in [3.05, 3.63) is 23.8 Å². The van der Waals surface area contributed by atoms with Gasteiger partial charge in [-0.2, -0.15) is 0 Å². The van der Waals surface area contributed by atoms with Crippen molar-refractivity contribution in [2.75, 3.05) is 6.79 Å². The van der Waals surface area contributed by atoms with E-state index in [1.165, 1.54) is 0 Å². The zero-order chi connectivity index (χ0) is 14.4. The van der Waals surface area contributed by atoms with Crippen molar-refractivity contribution in [2.45, 2.75) is 36.4 Å². The summed E-state index contributed by atoms with van der Waals surface area (Å²) < 4.78 is 10.5. The van der Waals surface area contributed by atoms with Crippen LogP contribution < -0.4 is 15.2 Å². The molecule has 0 bridgehead atoms. The van der Waals surface area contributed by atoms with Gasteiger partial charge in [0.1, 0.15) is 12.2 Å². The molecular formula is C13H17NO6. The van der Waals surface area contributed by atoms with E-state index >= 15 is 0 Å². The Balaban J connectivity index is 1.95. The molecule has 0 saturated heterocycles. The number of aliphatic hydroxyl groups is 4. The molecule has 0 spiro atoms. The van der Waals surface area contributed by atoms with E-state index in [1.807, 2.05) is 0 Å². The van der Waals surface area contributed by atoms with Crippen molar-refractivity contribution in [3.8, 4) is 11.5 Å². The maximum Gasteiger partial charge on any atom is 0.231 e. The molecule has 7 nitrogen and oxygen atoms in total. The molecule has 1 aliphatic carbocycles. The van der Waals surface area contributed by atoms with Crippen molar-refractivity contribution in [1.29, 1.82) is 0 Å². The molecule has 3 rings (SSSR count). The molecule has 1 aromatic rings. The highest BCUT2D eigenvalue weighted by Gasteiger charge is 2.47. The standard InChI is InChI=1S/C13H17NO6/c14-9-8(10(15)12(17)13(18)11(9)16)5-1-2-6-7(3-5)20-4-19-6/h1-3,8-13,15-18H,4,14H2/t8-,9-,10-,11+,12+,13+/m1/s1. The number of fused-ring (bicyclic) bond motifs is 1. The molecule has 0 amide bonds. The van der Waals surface area contributed by atoms with E-state index in [2.05, 4.69) is 0 Å². The van der Waals surface area contributed by atoms with Crippen LogP contribution in [0.5, 0.6) is 11.5 Å². The van der Waals surface area contributed by atoms with Gasteiger partial charge in [0.2, 0.25) is 6.79 Å². The maximum atomic E-state index is 10.1. The molecule has 20 heavy (non-hydrogen) atoms. The number of aliphatic hydroxyl groups excluding tert-OH is 4. The number of ether oxygens (including phenoxy) is 2. The Kier molecular flexibility index (Phi) is 3.31. The highest BCUT2D eigenvalue weighted by molar-refractivity contribution is 5.46. The summed E-state index contributed by atoms with van der Waals surface area (Å²) in [5, 5.41) is 39.4. The first kappa shape index (κ1) is 13.6. The first-order valence-electron chi connectivity index (χ1n) is 6.38. The molecule has 7 heteroatoms. The van der Waals surface area contributed by atoms with Gasteiger partial charge < -0.3 is 35.6 Å². The van der Waals surface area contributed by atoms with E-state index in [0.29, 0.717) is 17.1 Å². The molecule has 1 saturated carbocycles. The minimum atomic E-state index is -1.47. The van der Waals surface area contributed by atoms with Gasteiger partial charge in [0.05, 0.1) is 12.2 Å². The zero-order valence-corrected chi connectivity index (χ0v) is 10.6. The summed E-state index contributed by atoms with van der Waals surface area (Å²) in [6.45, 7) is 0.127. The van der Waals surface area contributed by atoms with Crippen LogP contribution in [0.3, 0.4) is 0 Å². The first-order valence-corrected chi connectivity index (χ1v) is 6.38. The van der Waals surface area contributed by atoms with Crippen molar-refractivity contribution in [2.24, 2.45) is 5.73 Å². The van der Waals surface area contributed by atoms with Crippen LogP contribution in [0, 0.1) is 0 Å². The molecule has 1 aliphatic heterocycles. The molecule has 0 radical (unpaired) electrons. The van der Waals surface area contributed by atoms with Gasteiger partial charge in [0.25, 0.3) is 0 Å². The summed E-state index contributed by atoms with van der Waals surface area (Å²) in [6, 6.07) is 4.13. The highest BCUT2D eigenvalue weighted by atomic mass is 16.7. The number of hydrogen-bond donors (Lipinski definition) is 5. The Morgan fingerprint density at radius 2 is 1.55 bits per heavy atom. The number of benzene rings is 1. The van der Waals surface area contributed by atoms with Gasteiger partial charge in [-0.25, -0.2) is 0 Å². The predicted octanol–water partition coefficient (Wildman–Crippen LogP) is -1.72. The summed E-state index contributed by atoms with van der Waals surface area (Å²) in [5.41, 5.74) is 6.50. The minimum absolute atomic E-state index is 0.127. The lowest BCUT2D eigenvalue weighted by molar-refractivity contribution is -0.151. The van der Waals surface area contributed by atoms with Crippen LogP contribution in [0.15, 0.2) is 18.2 Å². The molecule has 1 heterocycles. The lowest BCUT2D eigenvalue weighted by Crippen LogP contribution is -2.62. The topological polar surface area (TPSA) is 125 Å². The van der Waals surface area contributed by atoms with E-state index in [9.17, 15) is 20.4 Å². The summed E-state index contributed by atoms with van der Waals surface area (Å²) >= 11 is 0. The van der Waals surface area contributed by atoms with Crippen LogP contribution in [-0.2, 0) is 0 Å². The fourth-order valence-electron chi connectivity index (χ4n) is 2.82. The summed E-state index contributed by atoms with van der Waals surface area (Å²) in [4.78, 5) is 0. The molecule has 110 valence electrons. The Bertz CT molecular complexity index is 494. The second-order valence-corrected chi connectivity index (χ2v) is 5.18. The van der Waals surface area contributed by atoms with Crippen molar-refractivity contribution < 1.29 is 29.9 Å². The van der Waals surface area contributed by atoms with Gasteiger partial charge in [-0.05, 0) is 17.7 Å². The molecule has 0 unspecified atom stereocenters. The van der Waals surface area contributed by atoms with Gasteiger partial charge in [0.15, 0.2) is 11.5 Å². The Labute approximate surface area is 115 Å². The fourth-order valence-corrected chi connectivity index (χ4v) is 2.82. The third kappa shape index (κ3) is 1.95. The van der Waals surface area contributed by atoms with Crippen LogP contribution in [0.25, 0.3) is 0 Å². The average Bonchev–Trinajstić information content (AvgIpc) is 2.91. The second kappa shape index (κ2) is 4.87. The van der Waals surface area contributed by atoms with Gasteiger partial charge in [-0.15, -0.1) is 0 Å². The van der Waals surface area contributed by atoms with E-state index < -0.39 is 36.4 Å². The van der Waals surface area contributed by atoms with E-state index in [0.717, 1.165) is 0 Å². The van der Waals surface area contributed by atoms with Crippen LogP contribution in [-0.4, -0.2) is 57.7 Å². The van der Waals surface area contributed by atoms with Gasteiger partial charge in [0, 0.05) is 12.0 Å². The second-order valence-electron chi connectivity index (χ2n) is 5.18. The quantitative estimate of drug-likeness (QED) is 0.415. The van der Waals surface area contributed by atoms with E-state index in [4.69, 9.17) is 15.2 Å². The first-order chi connectivity index (χ1) is 9.50. The largest absolute Gasteiger partial charge is 0.454 e. The zero-order valence-electron chi connectivity index (χ0n) is 10.6. The Morgan fingerprint density at radius 1 is 0.900 bits per heavy atom. The van der Waals surface area contributed by atoms with Crippen LogP contribution in [0.4, 0.5) is 0 Å². The molecule has 2 aliphatic rings. The van der Waals surface area contributed by atoms with Gasteiger partial charge in [-0.1, -0.05) is 6.07 Å². The molecule has 1 aromatic carbocycles. The van der Waals surface area contributed by atoms with Crippen LogP contribution in [0.1, 0.15) is 11.5 Å². The summed E-state index contributed by atoms with van der Waals surface area (Å²) in [6.07, 6.45) is -5.52. The number of rotatable bonds is 1.